The number of carbonyl (C=O) groups excluding carboxylic acids is 2. The summed E-state index contributed by atoms with van der Waals surface area (Å²) in [6, 6.07) is 0. The van der Waals surface area contributed by atoms with Crippen LogP contribution < -0.4 is 10.6 Å². The van der Waals surface area contributed by atoms with Crippen LogP contribution in [0.15, 0.2) is 18.6 Å². The Morgan fingerprint density at radius 1 is 1.10 bits per heavy atom. The smallest absolute Gasteiger partial charge is 0.271 e. The first-order chi connectivity index (χ1) is 9.77. The van der Waals surface area contributed by atoms with Crippen molar-refractivity contribution in [2.75, 3.05) is 13.1 Å². The van der Waals surface area contributed by atoms with Crippen LogP contribution in [-0.2, 0) is 4.79 Å². The Hall–Kier alpha value is -1.98. The van der Waals surface area contributed by atoms with Crippen molar-refractivity contribution < 1.29 is 9.59 Å². The van der Waals surface area contributed by atoms with Gasteiger partial charge in [-0.05, 0) is 12.8 Å². The Balaban J connectivity index is 1.64. The molecule has 1 aromatic rings. The van der Waals surface area contributed by atoms with E-state index in [4.69, 9.17) is 0 Å². The average Bonchev–Trinajstić information content (AvgIpc) is 2.53. The molecule has 0 saturated heterocycles. The van der Waals surface area contributed by atoms with Gasteiger partial charge in [-0.25, -0.2) is 4.98 Å². The molecule has 6 nitrogen and oxygen atoms in total. The van der Waals surface area contributed by atoms with E-state index in [-0.39, 0.29) is 23.4 Å². The molecule has 1 saturated carbocycles. The van der Waals surface area contributed by atoms with Crippen molar-refractivity contribution in [2.24, 2.45) is 5.92 Å². The minimum Gasteiger partial charge on any atom is -0.354 e. The number of nitrogens with zero attached hydrogens (tertiary/aromatic N) is 2. The molecule has 2 amide bonds. The van der Waals surface area contributed by atoms with E-state index in [1.807, 2.05) is 0 Å². The summed E-state index contributed by atoms with van der Waals surface area (Å²) >= 11 is 0. The van der Waals surface area contributed by atoms with Crippen molar-refractivity contribution in [3.8, 4) is 0 Å². The summed E-state index contributed by atoms with van der Waals surface area (Å²) in [7, 11) is 0. The molecule has 1 aliphatic carbocycles. The second-order valence-corrected chi connectivity index (χ2v) is 4.97. The number of rotatable bonds is 5. The van der Waals surface area contributed by atoms with Crippen molar-refractivity contribution >= 4 is 11.8 Å². The third-order valence-corrected chi connectivity index (χ3v) is 3.48. The topological polar surface area (TPSA) is 84.0 Å². The molecule has 2 rings (SSSR count). The molecule has 1 fully saturated rings. The highest BCUT2D eigenvalue weighted by Gasteiger charge is 2.20. The summed E-state index contributed by atoms with van der Waals surface area (Å²) in [5.41, 5.74) is 0.283. The van der Waals surface area contributed by atoms with E-state index < -0.39 is 0 Å². The van der Waals surface area contributed by atoms with Crippen LogP contribution in [0.1, 0.15) is 42.6 Å². The van der Waals surface area contributed by atoms with E-state index in [1.165, 1.54) is 25.0 Å². The van der Waals surface area contributed by atoms with Crippen molar-refractivity contribution in [2.45, 2.75) is 32.1 Å². The maximum absolute atomic E-state index is 11.9. The first-order valence-corrected chi connectivity index (χ1v) is 7.09. The average molecular weight is 276 g/mol. The third kappa shape index (κ3) is 4.29. The van der Waals surface area contributed by atoms with Crippen LogP contribution in [0, 0.1) is 5.92 Å². The van der Waals surface area contributed by atoms with E-state index >= 15 is 0 Å². The van der Waals surface area contributed by atoms with Gasteiger partial charge in [0.05, 0.1) is 6.20 Å². The molecule has 108 valence electrons. The maximum Gasteiger partial charge on any atom is 0.271 e. The lowest BCUT2D eigenvalue weighted by Crippen LogP contribution is -2.38. The zero-order chi connectivity index (χ0) is 14.2. The Morgan fingerprint density at radius 2 is 1.85 bits per heavy atom. The van der Waals surface area contributed by atoms with Crippen LogP contribution in [-0.4, -0.2) is 34.9 Å². The van der Waals surface area contributed by atoms with E-state index in [0.29, 0.717) is 13.1 Å². The van der Waals surface area contributed by atoms with Crippen LogP contribution in [0.5, 0.6) is 0 Å². The van der Waals surface area contributed by atoms with Gasteiger partial charge in [0.1, 0.15) is 5.69 Å². The molecular formula is C14H20N4O2. The van der Waals surface area contributed by atoms with E-state index in [0.717, 1.165) is 25.7 Å². The Bertz CT molecular complexity index is 444. The van der Waals surface area contributed by atoms with Crippen LogP contribution in [0.4, 0.5) is 0 Å². The summed E-state index contributed by atoms with van der Waals surface area (Å²) in [5.74, 6) is -0.0112. The van der Waals surface area contributed by atoms with Gasteiger partial charge in [0.15, 0.2) is 0 Å². The van der Waals surface area contributed by atoms with Gasteiger partial charge in [-0.1, -0.05) is 19.3 Å². The first kappa shape index (κ1) is 14.4. The Labute approximate surface area is 118 Å². The minimum atomic E-state index is -0.273. The molecule has 20 heavy (non-hydrogen) atoms. The molecule has 0 atom stereocenters. The second-order valence-electron chi connectivity index (χ2n) is 4.97. The fraction of sp³-hybridized carbons (Fsp3) is 0.571. The molecule has 2 N–H and O–H groups in total. The lowest BCUT2D eigenvalue weighted by atomic mass is 9.89. The predicted octanol–water partition coefficient (Wildman–Crippen LogP) is 0.903. The Morgan fingerprint density at radius 3 is 2.55 bits per heavy atom. The number of amides is 2. The maximum atomic E-state index is 11.9. The predicted molar refractivity (Wildman–Crippen MR) is 73.9 cm³/mol. The van der Waals surface area contributed by atoms with Crippen molar-refractivity contribution in [3.05, 3.63) is 24.3 Å². The zero-order valence-corrected chi connectivity index (χ0v) is 11.5. The highest BCUT2D eigenvalue weighted by molar-refractivity contribution is 5.91. The van der Waals surface area contributed by atoms with Gasteiger partial charge in [-0.2, -0.15) is 0 Å². The van der Waals surface area contributed by atoms with Crippen molar-refractivity contribution in [3.63, 3.8) is 0 Å². The number of hydrogen-bond donors (Lipinski definition) is 2. The van der Waals surface area contributed by atoms with Crippen LogP contribution in [0.3, 0.4) is 0 Å². The summed E-state index contributed by atoms with van der Waals surface area (Å²) < 4.78 is 0. The highest BCUT2D eigenvalue weighted by Crippen LogP contribution is 2.23. The molecule has 1 aliphatic rings. The fourth-order valence-electron chi connectivity index (χ4n) is 2.38. The number of carbonyl (C=O) groups is 2. The van der Waals surface area contributed by atoms with E-state index in [2.05, 4.69) is 20.6 Å². The molecule has 0 unspecified atom stereocenters. The third-order valence-electron chi connectivity index (χ3n) is 3.48. The molecule has 0 bridgehead atoms. The molecular weight excluding hydrogens is 256 g/mol. The highest BCUT2D eigenvalue weighted by atomic mass is 16.2. The van der Waals surface area contributed by atoms with Crippen LogP contribution >= 0.6 is 0 Å². The quantitative estimate of drug-likeness (QED) is 0.783. The number of nitrogens with one attached hydrogen (secondary N) is 2. The molecule has 0 spiro atoms. The van der Waals surface area contributed by atoms with E-state index in [9.17, 15) is 9.59 Å². The van der Waals surface area contributed by atoms with Crippen LogP contribution in [0.25, 0.3) is 0 Å². The molecule has 1 heterocycles. The van der Waals surface area contributed by atoms with Gasteiger partial charge in [0.25, 0.3) is 5.91 Å². The van der Waals surface area contributed by atoms with Gasteiger partial charge in [-0.15, -0.1) is 0 Å². The number of aromatic nitrogens is 2. The van der Waals surface area contributed by atoms with Gasteiger partial charge in [0.2, 0.25) is 5.91 Å². The van der Waals surface area contributed by atoms with Gasteiger partial charge in [0, 0.05) is 31.4 Å². The fourth-order valence-corrected chi connectivity index (χ4v) is 2.38. The first-order valence-electron chi connectivity index (χ1n) is 7.09. The zero-order valence-electron chi connectivity index (χ0n) is 11.5. The molecule has 0 aliphatic heterocycles. The summed E-state index contributed by atoms with van der Waals surface area (Å²) in [6.07, 6.45) is 9.88. The Kier molecular flexibility index (Phi) is 5.46. The van der Waals surface area contributed by atoms with Crippen molar-refractivity contribution in [1.82, 2.24) is 20.6 Å². The standard InChI is InChI=1S/C14H20N4O2/c19-13(11-4-2-1-3-5-11)17-8-9-18-14(20)12-10-15-6-7-16-12/h6-7,10-11H,1-5,8-9H2,(H,17,19)(H,18,20). The van der Waals surface area contributed by atoms with Gasteiger partial charge < -0.3 is 10.6 Å². The normalized spacial score (nSPS) is 15.6. The van der Waals surface area contributed by atoms with Gasteiger partial charge in [-0.3, -0.25) is 14.6 Å². The molecule has 6 heteroatoms. The van der Waals surface area contributed by atoms with Crippen molar-refractivity contribution in [1.29, 1.82) is 0 Å². The minimum absolute atomic E-state index is 0.110. The monoisotopic (exact) mass is 276 g/mol. The molecule has 0 radical (unpaired) electrons. The molecule has 1 aromatic heterocycles. The van der Waals surface area contributed by atoms with Gasteiger partial charge >= 0.3 is 0 Å². The largest absolute Gasteiger partial charge is 0.354 e. The molecule has 0 aromatic carbocycles. The summed E-state index contributed by atoms with van der Waals surface area (Å²) in [5, 5.41) is 5.57. The lowest BCUT2D eigenvalue weighted by molar-refractivity contribution is -0.125. The summed E-state index contributed by atoms with van der Waals surface area (Å²) in [6.45, 7) is 0.842. The lowest BCUT2D eigenvalue weighted by Gasteiger charge is -2.20. The van der Waals surface area contributed by atoms with Crippen LogP contribution in [0.2, 0.25) is 0 Å². The number of hydrogen-bond acceptors (Lipinski definition) is 4. The van der Waals surface area contributed by atoms with E-state index in [1.54, 1.807) is 0 Å². The summed E-state index contributed by atoms with van der Waals surface area (Å²) in [4.78, 5) is 31.3. The second kappa shape index (κ2) is 7.57. The SMILES string of the molecule is O=C(NCCNC(=O)C1CCCCC1)c1cnccn1.